The minimum Gasteiger partial charge on any atom is -0.497 e. The zero-order valence-corrected chi connectivity index (χ0v) is 15.0. The Bertz CT molecular complexity index is 985. The molecule has 0 fully saturated rings. The lowest BCUT2D eigenvalue weighted by molar-refractivity contribution is -0.111. The van der Waals surface area contributed by atoms with Crippen molar-refractivity contribution in [3.63, 3.8) is 0 Å². The lowest BCUT2D eigenvalue weighted by Crippen LogP contribution is -2.09. The second-order valence-electron chi connectivity index (χ2n) is 5.82. The molecule has 0 saturated heterocycles. The molecule has 0 spiro atoms. The van der Waals surface area contributed by atoms with Gasteiger partial charge in [0.2, 0.25) is 5.91 Å². The molecular formula is C20H19N3O4. The highest BCUT2D eigenvalue weighted by Gasteiger charge is 2.08. The van der Waals surface area contributed by atoms with Crippen LogP contribution < -0.4 is 10.1 Å². The number of anilines is 1. The fourth-order valence-corrected chi connectivity index (χ4v) is 2.41. The van der Waals surface area contributed by atoms with Gasteiger partial charge in [0.1, 0.15) is 11.5 Å². The number of carbonyl (C=O) groups is 2. The Morgan fingerprint density at radius 2 is 2.11 bits per heavy atom. The van der Waals surface area contributed by atoms with Crippen LogP contribution >= 0.6 is 0 Å². The molecule has 0 unspecified atom stereocenters. The van der Waals surface area contributed by atoms with Crippen LogP contribution in [0.1, 0.15) is 28.8 Å². The van der Waals surface area contributed by atoms with Crippen LogP contribution in [-0.4, -0.2) is 28.6 Å². The van der Waals surface area contributed by atoms with Crippen molar-refractivity contribution in [2.24, 2.45) is 0 Å². The summed E-state index contributed by atoms with van der Waals surface area (Å²) in [5.41, 5.74) is 0.856. The van der Waals surface area contributed by atoms with Gasteiger partial charge >= 0.3 is 0 Å². The maximum absolute atomic E-state index is 12.1. The van der Waals surface area contributed by atoms with Gasteiger partial charge in [0.05, 0.1) is 13.7 Å². The molecule has 1 aromatic carbocycles. The number of aromatic nitrogens is 2. The number of ether oxygens (including phenoxy) is 1. The zero-order chi connectivity index (χ0) is 19.2. The van der Waals surface area contributed by atoms with Gasteiger partial charge in [0.15, 0.2) is 17.4 Å². The van der Waals surface area contributed by atoms with Crippen molar-refractivity contribution in [1.82, 2.24) is 9.78 Å². The van der Waals surface area contributed by atoms with E-state index in [2.05, 4.69) is 10.4 Å². The predicted octanol–water partition coefficient (Wildman–Crippen LogP) is 3.39. The average molecular weight is 365 g/mol. The van der Waals surface area contributed by atoms with E-state index < -0.39 is 0 Å². The summed E-state index contributed by atoms with van der Waals surface area (Å²) in [4.78, 5) is 23.3. The minimum absolute atomic E-state index is 0.127. The Hall–Kier alpha value is -3.61. The van der Waals surface area contributed by atoms with E-state index in [1.807, 2.05) is 24.3 Å². The first-order chi connectivity index (χ1) is 13.0. The fourth-order valence-electron chi connectivity index (χ4n) is 2.41. The molecule has 138 valence electrons. The number of carbonyl (C=O) groups excluding carboxylic acids is 2. The summed E-state index contributed by atoms with van der Waals surface area (Å²) in [7, 11) is 1.59. The van der Waals surface area contributed by atoms with Gasteiger partial charge in [0, 0.05) is 25.3 Å². The Morgan fingerprint density at radius 1 is 1.26 bits per heavy atom. The van der Waals surface area contributed by atoms with Crippen molar-refractivity contribution in [3.8, 4) is 5.75 Å². The monoisotopic (exact) mass is 365 g/mol. The summed E-state index contributed by atoms with van der Waals surface area (Å²) in [6.07, 6.45) is 4.85. The number of methoxy groups -OCH3 is 1. The summed E-state index contributed by atoms with van der Waals surface area (Å²) in [5.74, 6) is 1.65. The largest absolute Gasteiger partial charge is 0.497 e. The van der Waals surface area contributed by atoms with Gasteiger partial charge < -0.3 is 14.5 Å². The van der Waals surface area contributed by atoms with E-state index in [0.29, 0.717) is 23.9 Å². The quantitative estimate of drug-likeness (QED) is 0.512. The summed E-state index contributed by atoms with van der Waals surface area (Å²) < 4.78 is 12.2. The van der Waals surface area contributed by atoms with Gasteiger partial charge in [-0.05, 0) is 35.9 Å². The van der Waals surface area contributed by atoms with Crippen molar-refractivity contribution < 1.29 is 18.7 Å². The molecule has 2 aromatic heterocycles. The molecule has 3 rings (SSSR count). The number of hydrogen-bond donors (Lipinski definition) is 1. The second-order valence-corrected chi connectivity index (χ2v) is 5.82. The number of nitrogens with one attached hydrogen (secondary N) is 1. The second kappa shape index (κ2) is 8.18. The van der Waals surface area contributed by atoms with Crippen LogP contribution in [0.15, 0.2) is 59.2 Å². The van der Waals surface area contributed by atoms with Gasteiger partial charge in [-0.1, -0.05) is 12.1 Å². The van der Waals surface area contributed by atoms with Gasteiger partial charge in [-0.15, -0.1) is 0 Å². The van der Waals surface area contributed by atoms with Gasteiger partial charge in [-0.3, -0.25) is 14.3 Å². The molecule has 0 radical (unpaired) electrons. The van der Waals surface area contributed by atoms with Crippen LogP contribution in [0.25, 0.3) is 6.08 Å². The first kappa shape index (κ1) is 18.2. The summed E-state index contributed by atoms with van der Waals surface area (Å²) >= 11 is 0. The normalized spacial score (nSPS) is 10.9. The Labute approximate surface area is 156 Å². The number of furan rings is 1. The Balaban J connectivity index is 1.58. The molecule has 7 heteroatoms. The van der Waals surface area contributed by atoms with Crippen molar-refractivity contribution in [2.75, 3.05) is 12.4 Å². The highest BCUT2D eigenvalue weighted by molar-refractivity contribution is 6.01. The van der Waals surface area contributed by atoms with Crippen LogP contribution in [0.2, 0.25) is 0 Å². The maximum Gasteiger partial charge on any atom is 0.249 e. The number of rotatable bonds is 7. The minimum atomic E-state index is -0.292. The highest BCUT2D eigenvalue weighted by Crippen LogP contribution is 2.14. The summed E-state index contributed by atoms with van der Waals surface area (Å²) in [6.45, 7) is 1.81. The number of ketones is 1. The van der Waals surface area contributed by atoms with Gasteiger partial charge in [0.25, 0.3) is 0 Å². The molecule has 0 bridgehead atoms. The van der Waals surface area contributed by atoms with Crippen LogP contribution in [0, 0.1) is 0 Å². The Kier molecular flexibility index (Phi) is 5.51. The van der Waals surface area contributed by atoms with Crippen LogP contribution in [0.5, 0.6) is 5.75 Å². The third-order valence-electron chi connectivity index (χ3n) is 3.74. The average Bonchev–Trinajstić information content (AvgIpc) is 3.30. The third-order valence-corrected chi connectivity index (χ3v) is 3.74. The van der Waals surface area contributed by atoms with E-state index in [-0.39, 0.29) is 11.7 Å². The first-order valence-electron chi connectivity index (χ1n) is 8.30. The van der Waals surface area contributed by atoms with Crippen molar-refractivity contribution in [1.29, 1.82) is 0 Å². The third kappa shape index (κ3) is 4.94. The van der Waals surface area contributed by atoms with Crippen LogP contribution in [0.3, 0.4) is 0 Å². The van der Waals surface area contributed by atoms with Crippen LogP contribution in [0.4, 0.5) is 5.82 Å². The first-order valence-corrected chi connectivity index (χ1v) is 8.30. The smallest absolute Gasteiger partial charge is 0.249 e. The van der Waals surface area contributed by atoms with E-state index in [4.69, 9.17) is 9.15 Å². The molecule has 1 amide bonds. The topological polar surface area (TPSA) is 86.4 Å². The zero-order valence-electron chi connectivity index (χ0n) is 15.0. The molecular weight excluding hydrogens is 346 g/mol. The molecule has 3 aromatic rings. The molecule has 0 atom stereocenters. The maximum atomic E-state index is 12.1. The van der Waals surface area contributed by atoms with E-state index in [0.717, 1.165) is 11.3 Å². The summed E-state index contributed by atoms with van der Waals surface area (Å²) in [5, 5.41) is 6.96. The molecule has 2 heterocycles. The number of Topliss-reactive ketones (excluding diaryl/α,β-unsaturated/α-hetero) is 1. The highest BCUT2D eigenvalue weighted by atomic mass is 16.5. The molecule has 7 nitrogen and oxygen atoms in total. The number of amides is 1. The predicted molar refractivity (Wildman–Crippen MR) is 101 cm³/mol. The van der Waals surface area contributed by atoms with E-state index in [9.17, 15) is 9.59 Å². The van der Waals surface area contributed by atoms with Crippen molar-refractivity contribution >= 4 is 23.6 Å². The van der Waals surface area contributed by atoms with Gasteiger partial charge in [-0.25, -0.2) is 0 Å². The molecule has 0 saturated carbocycles. The molecule has 0 aliphatic carbocycles. The Morgan fingerprint density at radius 3 is 2.85 bits per heavy atom. The number of benzene rings is 1. The molecule has 0 aliphatic heterocycles. The SMILES string of the molecule is COc1cccc(/C=C/C(=O)Nc2ccn(Cc3ccc(C(C)=O)o3)n2)c1. The number of nitrogens with zero attached hydrogens (tertiary/aromatic N) is 2. The van der Waals surface area contributed by atoms with E-state index >= 15 is 0 Å². The van der Waals surface area contributed by atoms with Gasteiger partial charge in [-0.2, -0.15) is 5.10 Å². The van der Waals surface area contributed by atoms with Crippen molar-refractivity contribution in [2.45, 2.75) is 13.5 Å². The van der Waals surface area contributed by atoms with Crippen molar-refractivity contribution in [3.05, 3.63) is 71.8 Å². The lowest BCUT2D eigenvalue weighted by Gasteiger charge is -2.00. The number of hydrogen-bond acceptors (Lipinski definition) is 5. The van der Waals surface area contributed by atoms with E-state index in [1.165, 1.54) is 13.0 Å². The molecule has 1 N–H and O–H groups in total. The lowest BCUT2D eigenvalue weighted by atomic mass is 10.2. The van der Waals surface area contributed by atoms with E-state index in [1.54, 1.807) is 42.3 Å². The van der Waals surface area contributed by atoms with Crippen LogP contribution in [-0.2, 0) is 11.3 Å². The molecule has 27 heavy (non-hydrogen) atoms. The summed E-state index contributed by atoms with van der Waals surface area (Å²) in [6, 6.07) is 12.4. The standard InChI is InChI=1S/C20H19N3O4/c1-14(24)18-8-7-17(27-18)13-23-11-10-19(22-23)21-20(25)9-6-15-4-3-5-16(12-15)26-2/h3-12H,13H2,1-2H3,(H,21,22,25)/b9-6+. The molecule has 0 aliphatic rings. The fraction of sp³-hybridized carbons (Fsp3) is 0.150.